The molecule has 1 aliphatic heterocycles. The number of carbonyl (C=O) groups is 1. The van der Waals surface area contributed by atoms with Gasteiger partial charge in [-0.1, -0.05) is 11.6 Å². The number of hydrogen-bond acceptors (Lipinski definition) is 5. The van der Waals surface area contributed by atoms with Gasteiger partial charge in [-0.3, -0.25) is 10.1 Å². The van der Waals surface area contributed by atoms with E-state index in [9.17, 15) is 4.79 Å². The average Bonchev–Trinajstić information content (AvgIpc) is 2.97. The number of nitrogens with one attached hydrogen (secondary N) is 2. The molecule has 0 atom stereocenters. The van der Waals surface area contributed by atoms with Crippen molar-refractivity contribution >= 4 is 40.5 Å². The summed E-state index contributed by atoms with van der Waals surface area (Å²) in [4.78, 5) is 16.1. The standard InChI is InChI=1S/C14H10ClN3O3S/c15-12-9(2-1-5-16-12)17-14(22)18-13(19)8-3-4-10-11(6-8)21-7-20-10/h1-6H,7H2,(H2,17,18,19,22). The van der Waals surface area contributed by atoms with Gasteiger partial charge in [0, 0.05) is 11.8 Å². The molecule has 1 aliphatic rings. The van der Waals surface area contributed by atoms with Crippen molar-refractivity contribution in [2.24, 2.45) is 0 Å². The number of hydrogen-bond donors (Lipinski definition) is 2. The van der Waals surface area contributed by atoms with Crippen LogP contribution in [0.5, 0.6) is 11.5 Å². The molecule has 0 saturated carbocycles. The highest BCUT2D eigenvalue weighted by molar-refractivity contribution is 7.80. The lowest BCUT2D eigenvalue weighted by molar-refractivity contribution is 0.0977. The van der Waals surface area contributed by atoms with Crippen LogP contribution in [-0.4, -0.2) is 22.8 Å². The number of pyridine rings is 1. The Morgan fingerprint density at radius 3 is 2.91 bits per heavy atom. The van der Waals surface area contributed by atoms with Crippen molar-refractivity contribution in [3.05, 3.63) is 47.2 Å². The number of anilines is 1. The fourth-order valence-corrected chi connectivity index (χ4v) is 2.22. The van der Waals surface area contributed by atoms with Crippen LogP contribution in [0.1, 0.15) is 10.4 Å². The van der Waals surface area contributed by atoms with E-state index in [0.717, 1.165) is 0 Å². The number of carbonyl (C=O) groups excluding carboxylic acids is 1. The lowest BCUT2D eigenvalue weighted by Gasteiger charge is -2.10. The van der Waals surface area contributed by atoms with E-state index in [4.69, 9.17) is 33.3 Å². The van der Waals surface area contributed by atoms with E-state index in [0.29, 0.717) is 22.7 Å². The Balaban J connectivity index is 1.66. The topological polar surface area (TPSA) is 72.5 Å². The van der Waals surface area contributed by atoms with Crippen molar-refractivity contribution in [3.63, 3.8) is 0 Å². The maximum absolute atomic E-state index is 12.1. The summed E-state index contributed by atoms with van der Waals surface area (Å²) in [6.07, 6.45) is 1.56. The van der Waals surface area contributed by atoms with Gasteiger partial charge in [-0.2, -0.15) is 0 Å². The second-order valence-electron chi connectivity index (χ2n) is 4.32. The van der Waals surface area contributed by atoms with Crippen LogP contribution in [0, 0.1) is 0 Å². The van der Waals surface area contributed by atoms with Gasteiger partial charge in [0.25, 0.3) is 5.91 Å². The van der Waals surface area contributed by atoms with Gasteiger partial charge in [-0.05, 0) is 42.5 Å². The predicted octanol–water partition coefficient (Wildman–Crippen LogP) is 2.59. The molecule has 2 aromatic rings. The SMILES string of the molecule is O=C(NC(=S)Nc1cccnc1Cl)c1ccc2c(c1)OCO2. The van der Waals surface area contributed by atoms with Gasteiger partial charge in [0.05, 0.1) is 5.69 Å². The van der Waals surface area contributed by atoms with E-state index in [1.807, 2.05) is 0 Å². The Morgan fingerprint density at radius 2 is 2.09 bits per heavy atom. The Hall–Kier alpha value is -2.38. The maximum atomic E-state index is 12.1. The van der Waals surface area contributed by atoms with E-state index in [1.54, 1.807) is 36.5 Å². The highest BCUT2D eigenvalue weighted by atomic mass is 35.5. The number of halogens is 1. The molecule has 22 heavy (non-hydrogen) atoms. The third-order valence-corrected chi connectivity index (χ3v) is 3.37. The van der Waals surface area contributed by atoms with E-state index >= 15 is 0 Å². The highest BCUT2D eigenvalue weighted by Crippen LogP contribution is 2.32. The zero-order chi connectivity index (χ0) is 15.5. The molecule has 1 aromatic carbocycles. The Morgan fingerprint density at radius 1 is 1.27 bits per heavy atom. The molecule has 0 spiro atoms. The van der Waals surface area contributed by atoms with Crippen molar-refractivity contribution in [3.8, 4) is 11.5 Å². The van der Waals surface area contributed by atoms with Gasteiger partial charge in [0.2, 0.25) is 6.79 Å². The minimum atomic E-state index is -0.365. The van der Waals surface area contributed by atoms with Gasteiger partial charge in [0.15, 0.2) is 21.8 Å². The van der Waals surface area contributed by atoms with Gasteiger partial charge in [-0.25, -0.2) is 4.98 Å². The van der Waals surface area contributed by atoms with E-state index < -0.39 is 0 Å². The summed E-state index contributed by atoms with van der Waals surface area (Å²) in [5.74, 6) is 0.775. The summed E-state index contributed by atoms with van der Waals surface area (Å²) < 4.78 is 10.4. The number of thiocarbonyl (C=S) groups is 1. The van der Waals surface area contributed by atoms with Crippen LogP contribution in [0.15, 0.2) is 36.5 Å². The minimum Gasteiger partial charge on any atom is -0.454 e. The first-order chi connectivity index (χ1) is 10.6. The number of nitrogens with zero attached hydrogens (tertiary/aromatic N) is 1. The molecular weight excluding hydrogens is 326 g/mol. The van der Waals surface area contributed by atoms with Crippen molar-refractivity contribution in [2.75, 3.05) is 12.1 Å². The van der Waals surface area contributed by atoms with Crippen LogP contribution in [0.3, 0.4) is 0 Å². The summed E-state index contributed by atoms with van der Waals surface area (Å²) in [6.45, 7) is 0.153. The highest BCUT2D eigenvalue weighted by Gasteiger charge is 2.17. The summed E-state index contributed by atoms with van der Waals surface area (Å²) in [5.41, 5.74) is 0.922. The summed E-state index contributed by atoms with van der Waals surface area (Å²) in [7, 11) is 0. The zero-order valence-corrected chi connectivity index (χ0v) is 12.7. The number of amides is 1. The van der Waals surface area contributed by atoms with E-state index in [2.05, 4.69) is 15.6 Å². The molecule has 112 valence electrons. The number of rotatable bonds is 2. The van der Waals surface area contributed by atoms with E-state index in [-0.39, 0.29) is 23.0 Å². The second-order valence-corrected chi connectivity index (χ2v) is 5.08. The number of fused-ring (bicyclic) bond motifs is 1. The normalized spacial score (nSPS) is 11.9. The van der Waals surface area contributed by atoms with Crippen molar-refractivity contribution in [2.45, 2.75) is 0 Å². The quantitative estimate of drug-likeness (QED) is 0.649. The lowest BCUT2D eigenvalue weighted by Crippen LogP contribution is -2.34. The first-order valence-corrected chi connectivity index (χ1v) is 7.04. The number of aromatic nitrogens is 1. The fourth-order valence-electron chi connectivity index (χ4n) is 1.85. The molecule has 8 heteroatoms. The van der Waals surface area contributed by atoms with Crippen LogP contribution < -0.4 is 20.1 Å². The lowest BCUT2D eigenvalue weighted by atomic mass is 10.2. The summed E-state index contributed by atoms with van der Waals surface area (Å²) in [5, 5.41) is 5.76. The van der Waals surface area contributed by atoms with Crippen molar-refractivity contribution in [1.82, 2.24) is 10.3 Å². The molecule has 0 saturated heterocycles. The van der Waals surface area contributed by atoms with Crippen LogP contribution in [0.2, 0.25) is 5.15 Å². The Labute approximate surface area is 136 Å². The molecule has 0 fully saturated rings. The van der Waals surface area contributed by atoms with E-state index in [1.165, 1.54) is 0 Å². The average molecular weight is 336 g/mol. The summed E-state index contributed by atoms with van der Waals surface area (Å²) >= 11 is 11.0. The molecule has 3 rings (SSSR count). The minimum absolute atomic E-state index is 0.123. The largest absolute Gasteiger partial charge is 0.454 e. The Bertz CT molecular complexity index is 754. The molecule has 1 amide bonds. The first-order valence-electron chi connectivity index (χ1n) is 6.26. The molecule has 2 heterocycles. The Kier molecular flexibility index (Phi) is 4.08. The van der Waals surface area contributed by atoms with Crippen LogP contribution in [0.25, 0.3) is 0 Å². The number of benzene rings is 1. The zero-order valence-electron chi connectivity index (χ0n) is 11.1. The third-order valence-electron chi connectivity index (χ3n) is 2.87. The molecule has 6 nitrogen and oxygen atoms in total. The van der Waals surface area contributed by atoms with Crippen molar-refractivity contribution in [1.29, 1.82) is 0 Å². The fraction of sp³-hybridized carbons (Fsp3) is 0.0714. The molecule has 0 bridgehead atoms. The van der Waals surface area contributed by atoms with Gasteiger partial charge >= 0.3 is 0 Å². The monoisotopic (exact) mass is 335 g/mol. The molecular formula is C14H10ClN3O3S. The molecule has 2 N–H and O–H groups in total. The second kappa shape index (κ2) is 6.17. The van der Waals surface area contributed by atoms with Gasteiger partial charge in [-0.15, -0.1) is 0 Å². The number of ether oxygens (including phenoxy) is 2. The van der Waals surface area contributed by atoms with Crippen LogP contribution >= 0.6 is 23.8 Å². The van der Waals surface area contributed by atoms with Crippen LogP contribution in [-0.2, 0) is 0 Å². The summed E-state index contributed by atoms with van der Waals surface area (Å²) in [6, 6.07) is 8.30. The molecule has 1 aromatic heterocycles. The third kappa shape index (κ3) is 3.10. The molecule has 0 radical (unpaired) electrons. The van der Waals surface area contributed by atoms with Gasteiger partial charge in [0.1, 0.15) is 0 Å². The maximum Gasteiger partial charge on any atom is 0.257 e. The smallest absolute Gasteiger partial charge is 0.257 e. The molecule has 0 aliphatic carbocycles. The molecule has 0 unspecified atom stereocenters. The van der Waals surface area contributed by atoms with Crippen LogP contribution in [0.4, 0.5) is 5.69 Å². The van der Waals surface area contributed by atoms with Gasteiger partial charge < -0.3 is 14.8 Å². The first kappa shape index (κ1) is 14.6. The predicted molar refractivity (Wildman–Crippen MR) is 85.5 cm³/mol. The van der Waals surface area contributed by atoms with Crippen molar-refractivity contribution < 1.29 is 14.3 Å².